The van der Waals surface area contributed by atoms with E-state index in [1.165, 1.54) is 5.56 Å². The Morgan fingerprint density at radius 1 is 1.47 bits per heavy atom. The number of benzene rings is 1. The molecule has 0 spiro atoms. The van der Waals surface area contributed by atoms with Gasteiger partial charge in [-0.25, -0.2) is 0 Å². The van der Waals surface area contributed by atoms with Crippen molar-refractivity contribution in [3.63, 3.8) is 0 Å². The molecule has 1 aromatic heterocycles. The quantitative estimate of drug-likeness (QED) is 0.912. The van der Waals surface area contributed by atoms with E-state index in [2.05, 4.69) is 41.0 Å². The predicted octanol–water partition coefficient (Wildman–Crippen LogP) is 2.83. The molecule has 0 bridgehead atoms. The molecule has 2 rings (SSSR count). The molecule has 0 aliphatic carbocycles. The first-order valence-electron chi connectivity index (χ1n) is 4.80. The summed E-state index contributed by atoms with van der Waals surface area (Å²) in [6.07, 6.45) is 0. The number of nitrogens with two attached hydrogens (primary N) is 1. The lowest BCUT2D eigenvalue weighted by Gasteiger charge is -2.22. The highest BCUT2D eigenvalue weighted by molar-refractivity contribution is 9.10. The van der Waals surface area contributed by atoms with E-state index in [4.69, 9.17) is 10.3 Å². The Bertz CT molecular complexity index is 490. The summed E-state index contributed by atoms with van der Waals surface area (Å²) in [5.74, 6) is 0. The van der Waals surface area contributed by atoms with Crippen LogP contribution in [0.25, 0.3) is 11.0 Å². The number of fused-ring (bicyclic) bond motifs is 1. The molecule has 4 heteroatoms. The van der Waals surface area contributed by atoms with E-state index in [1.54, 1.807) is 0 Å². The van der Waals surface area contributed by atoms with Crippen LogP contribution in [0.3, 0.4) is 0 Å². The minimum atomic E-state index is -0.0343. The molecule has 0 fully saturated rings. The fraction of sp³-hybridized carbons (Fsp3) is 0.364. The topological polar surface area (TPSA) is 52.0 Å². The van der Waals surface area contributed by atoms with Crippen molar-refractivity contribution in [1.29, 1.82) is 0 Å². The zero-order valence-electron chi connectivity index (χ0n) is 8.75. The molecule has 80 valence electrons. The zero-order chi connectivity index (χ0) is 11.1. The molecule has 2 N–H and O–H groups in total. The van der Waals surface area contributed by atoms with Gasteiger partial charge >= 0.3 is 0 Å². The number of rotatable bonds is 2. The highest BCUT2D eigenvalue weighted by atomic mass is 79.9. The maximum absolute atomic E-state index is 5.73. The van der Waals surface area contributed by atoms with Gasteiger partial charge in [-0.3, -0.25) is 0 Å². The molecular formula is C11H13BrN2O. The Balaban J connectivity index is 2.57. The molecule has 0 atom stereocenters. The van der Waals surface area contributed by atoms with Crippen molar-refractivity contribution in [1.82, 2.24) is 5.16 Å². The molecule has 0 amide bonds. The van der Waals surface area contributed by atoms with Gasteiger partial charge in [-0.15, -0.1) is 0 Å². The van der Waals surface area contributed by atoms with E-state index in [0.29, 0.717) is 6.54 Å². The minimum absolute atomic E-state index is 0.0343. The second-order valence-corrected chi connectivity index (χ2v) is 5.02. The van der Waals surface area contributed by atoms with Gasteiger partial charge in [0.1, 0.15) is 0 Å². The second-order valence-electron chi connectivity index (χ2n) is 4.27. The summed E-state index contributed by atoms with van der Waals surface area (Å²) >= 11 is 3.33. The molecular weight excluding hydrogens is 256 g/mol. The second kappa shape index (κ2) is 3.61. The van der Waals surface area contributed by atoms with Crippen LogP contribution in [-0.2, 0) is 5.41 Å². The van der Waals surface area contributed by atoms with Gasteiger partial charge in [0.15, 0.2) is 10.2 Å². The highest BCUT2D eigenvalue weighted by Gasteiger charge is 2.19. The predicted molar refractivity (Wildman–Crippen MR) is 63.8 cm³/mol. The van der Waals surface area contributed by atoms with Crippen LogP contribution in [0.2, 0.25) is 0 Å². The summed E-state index contributed by atoms with van der Waals surface area (Å²) in [5, 5.41) is 4.85. The molecule has 0 saturated carbocycles. The average Bonchev–Trinajstić information content (AvgIpc) is 2.60. The Kier molecular flexibility index (Phi) is 2.56. The fourth-order valence-corrected chi connectivity index (χ4v) is 1.85. The third-order valence-electron chi connectivity index (χ3n) is 2.72. The van der Waals surface area contributed by atoms with Crippen LogP contribution in [0.5, 0.6) is 0 Å². The lowest BCUT2D eigenvalue weighted by molar-refractivity contribution is 0.450. The lowest BCUT2D eigenvalue weighted by Crippen LogP contribution is -2.27. The number of hydrogen-bond donors (Lipinski definition) is 1. The normalized spacial score (nSPS) is 12.3. The molecule has 2 aromatic rings. The van der Waals surface area contributed by atoms with Crippen LogP contribution in [-0.4, -0.2) is 11.7 Å². The van der Waals surface area contributed by atoms with Crippen molar-refractivity contribution in [3.8, 4) is 0 Å². The van der Waals surface area contributed by atoms with Crippen LogP contribution in [0.4, 0.5) is 0 Å². The average molecular weight is 269 g/mol. The molecule has 0 saturated heterocycles. The van der Waals surface area contributed by atoms with E-state index < -0.39 is 0 Å². The van der Waals surface area contributed by atoms with Gasteiger partial charge in [-0.05, 0) is 33.6 Å². The third kappa shape index (κ3) is 1.79. The Hall–Kier alpha value is -0.870. The van der Waals surface area contributed by atoms with Gasteiger partial charge in [-0.1, -0.05) is 25.1 Å². The molecule has 1 heterocycles. The summed E-state index contributed by atoms with van der Waals surface area (Å²) in [6.45, 7) is 4.83. The maximum atomic E-state index is 5.73. The first-order valence-corrected chi connectivity index (χ1v) is 5.59. The van der Waals surface area contributed by atoms with E-state index in [9.17, 15) is 0 Å². The SMILES string of the molecule is CC(C)(CN)c1ccc2c(Br)noc2c1. The monoisotopic (exact) mass is 268 g/mol. The number of nitrogens with zero attached hydrogens (tertiary/aromatic N) is 1. The smallest absolute Gasteiger partial charge is 0.168 e. The highest BCUT2D eigenvalue weighted by Crippen LogP contribution is 2.29. The van der Waals surface area contributed by atoms with Gasteiger partial charge in [-0.2, -0.15) is 0 Å². The summed E-state index contributed by atoms with van der Waals surface area (Å²) in [5.41, 5.74) is 7.66. The van der Waals surface area contributed by atoms with Gasteiger partial charge in [0.25, 0.3) is 0 Å². The third-order valence-corrected chi connectivity index (χ3v) is 3.29. The minimum Gasteiger partial charge on any atom is -0.355 e. The lowest BCUT2D eigenvalue weighted by atomic mass is 9.84. The first kappa shape index (κ1) is 10.6. The van der Waals surface area contributed by atoms with Crippen molar-refractivity contribution >= 4 is 26.9 Å². The largest absolute Gasteiger partial charge is 0.355 e. The van der Waals surface area contributed by atoms with Crippen LogP contribution < -0.4 is 5.73 Å². The van der Waals surface area contributed by atoms with Crippen LogP contribution >= 0.6 is 15.9 Å². The summed E-state index contributed by atoms with van der Waals surface area (Å²) in [6, 6.07) is 6.07. The van der Waals surface area contributed by atoms with Gasteiger partial charge in [0, 0.05) is 12.0 Å². The molecule has 0 aliphatic heterocycles. The van der Waals surface area contributed by atoms with Crippen LogP contribution in [0, 0.1) is 0 Å². The number of hydrogen-bond acceptors (Lipinski definition) is 3. The zero-order valence-corrected chi connectivity index (χ0v) is 10.3. The van der Waals surface area contributed by atoms with Crippen molar-refractivity contribution < 1.29 is 4.52 Å². The van der Waals surface area contributed by atoms with Gasteiger partial charge in [0.2, 0.25) is 0 Å². The molecule has 0 radical (unpaired) electrons. The van der Waals surface area contributed by atoms with E-state index in [-0.39, 0.29) is 5.41 Å². The maximum Gasteiger partial charge on any atom is 0.168 e. The fourth-order valence-electron chi connectivity index (χ4n) is 1.45. The van der Waals surface area contributed by atoms with Crippen molar-refractivity contribution in [3.05, 3.63) is 28.4 Å². The van der Waals surface area contributed by atoms with Gasteiger partial charge < -0.3 is 10.3 Å². The van der Waals surface area contributed by atoms with Crippen LogP contribution in [0.15, 0.2) is 27.3 Å². The van der Waals surface area contributed by atoms with Crippen molar-refractivity contribution in [2.75, 3.05) is 6.54 Å². The van der Waals surface area contributed by atoms with E-state index >= 15 is 0 Å². The standard InChI is InChI=1S/C11H13BrN2O/c1-11(2,6-13)7-3-4-8-9(5-7)15-14-10(8)12/h3-5H,6,13H2,1-2H3. The van der Waals surface area contributed by atoms with E-state index in [1.807, 2.05) is 12.1 Å². The Morgan fingerprint density at radius 2 is 2.20 bits per heavy atom. The molecule has 3 nitrogen and oxygen atoms in total. The molecule has 15 heavy (non-hydrogen) atoms. The molecule has 0 aliphatic rings. The van der Waals surface area contributed by atoms with Crippen LogP contribution in [0.1, 0.15) is 19.4 Å². The molecule has 0 unspecified atom stereocenters. The number of halogens is 1. The first-order chi connectivity index (χ1) is 7.04. The van der Waals surface area contributed by atoms with Crippen molar-refractivity contribution in [2.45, 2.75) is 19.3 Å². The van der Waals surface area contributed by atoms with Crippen molar-refractivity contribution in [2.24, 2.45) is 5.73 Å². The Morgan fingerprint density at radius 3 is 2.87 bits per heavy atom. The molecule has 1 aromatic carbocycles. The Labute approximate surface area is 96.7 Å². The summed E-state index contributed by atoms with van der Waals surface area (Å²) in [7, 11) is 0. The number of aromatic nitrogens is 1. The van der Waals surface area contributed by atoms with E-state index in [0.717, 1.165) is 15.6 Å². The van der Waals surface area contributed by atoms with Gasteiger partial charge in [0.05, 0.1) is 5.39 Å². The summed E-state index contributed by atoms with van der Waals surface area (Å²) < 4.78 is 5.94. The summed E-state index contributed by atoms with van der Waals surface area (Å²) in [4.78, 5) is 0.